The highest BCUT2D eigenvalue weighted by Gasteiger charge is 2.26. The number of carbonyl (C=O) groups excluding carboxylic acids is 2. The number of nitrogens with one attached hydrogen (secondary N) is 1. The van der Waals surface area contributed by atoms with Gasteiger partial charge in [0.1, 0.15) is 5.69 Å². The zero-order valence-corrected chi connectivity index (χ0v) is 18.1. The number of hydrogen-bond acceptors (Lipinski definition) is 6. The fraction of sp³-hybridized carbons (Fsp3) is 0.500. The van der Waals surface area contributed by atoms with Crippen LogP contribution in [0.5, 0.6) is 0 Å². The number of piperidine rings is 1. The standard InChI is InChI=1S/C22H29N3O3S/c1-4-28-22(27)17-7-8-18(24-16(17)3)21(26)23-14-19(20-6-5-13-29-20)25-11-9-15(2)10-12-25/h5-8,13,15,19H,4,9-12,14H2,1-3H3,(H,23,26). The summed E-state index contributed by atoms with van der Waals surface area (Å²) in [5.74, 6) is 0.118. The first-order chi connectivity index (χ1) is 14.0. The summed E-state index contributed by atoms with van der Waals surface area (Å²) in [6.07, 6.45) is 2.37. The van der Waals surface area contributed by atoms with Crippen LogP contribution in [0.25, 0.3) is 0 Å². The predicted molar refractivity (Wildman–Crippen MR) is 114 cm³/mol. The van der Waals surface area contributed by atoms with Crippen molar-refractivity contribution in [1.82, 2.24) is 15.2 Å². The van der Waals surface area contributed by atoms with Crippen molar-refractivity contribution in [2.75, 3.05) is 26.2 Å². The van der Waals surface area contributed by atoms with E-state index in [-0.39, 0.29) is 11.9 Å². The van der Waals surface area contributed by atoms with Gasteiger partial charge in [0.05, 0.1) is 23.9 Å². The maximum absolute atomic E-state index is 12.7. The molecule has 7 heteroatoms. The molecule has 2 aromatic heterocycles. The fourth-order valence-electron chi connectivity index (χ4n) is 3.62. The lowest BCUT2D eigenvalue weighted by Crippen LogP contribution is -2.41. The van der Waals surface area contributed by atoms with E-state index in [0.29, 0.717) is 30.1 Å². The summed E-state index contributed by atoms with van der Waals surface area (Å²) in [6, 6.07) is 7.55. The van der Waals surface area contributed by atoms with Gasteiger partial charge in [-0.2, -0.15) is 0 Å². The first kappa shape index (κ1) is 21.5. The van der Waals surface area contributed by atoms with Crippen molar-refractivity contribution in [1.29, 1.82) is 0 Å². The van der Waals surface area contributed by atoms with Gasteiger partial charge in [-0.3, -0.25) is 9.69 Å². The van der Waals surface area contributed by atoms with Gasteiger partial charge in [0.2, 0.25) is 0 Å². The smallest absolute Gasteiger partial charge is 0.339 e. The second-order valence-corrected chi connectivity index (χ2v) is 8.49. The first-order valence-electron chi connectivity index (χ1n) is 10.2. The summed E-state index contributed by atoms with van der Waals surface area (Å²) in [4.78, 5) is 32.7. The Morgan fingerprint density at radius 1 is 1.31 bits per heavy atom. The molecule has 1 unspecified atom stereocenters. The van der Waals surface area contributed by atoms with Crippen molar-refractivity contribution >= 4 is 23.2 Å². The second kappa shape index (κ2) is 9.98. The van der Waals surface area contributed by atoms with Crippen molar-refractivity contribution in [2.45, 2.75) is 39.7 Å². The van der Waals surface area contributed by atoms with Gasteiger partial charge in [-0.1, -0.05) is 13.0 Å². The van der Waals surface area contributed by atoms with E-state index in [0.717, 1.165) is 19.0 Å². The normalized spacial score (nSPS) is 16.4. The number of amides is 1. The summed E-state index contributed by atoms with van der Waals surface area (Å²) in [7, 11) is 0. The SMILES string of the molecule is CCOC(=O)c1ccc(C(=O)NCC(c2cccs2)N2CCC(C)CC2)nc1C. The Kier molecular flexibility index (Phi) is 7.39. The Bertz CT molecular complexity index is 830. The molecule has 0 spiro atoms. The summed E-state index contributed by atoms with van der Waals surface area (Å²) in [5.41, 5.74) is 1.20. The van der Waals surface area contributed by atoms with Gasteiger partial charge in [-0.15, -0.1) is 11.3 Å². The van der Waals surface area contributed by atoms with E-state index in [1.54, 1.807) is 37.3 Å². The summed E-state index contributed by atoms with van der Waals surface area (Å²) < 4.78 is 5.02. The van der Waals surface area contributed by atoms with Crippen molar-refractivity contribution in [2.24, 2.45) is 5.92 Å². The highest BCUT2D eigenvalue weighted by Crippen LogP contribution is 2.29. The van der Waals surface area contributed by atoms with E-state index in [1.165, 1.54) is 17.7 Å². The minimum Gasteiger partial charge on any atom is -0.462 e. The molecule has 1 atom stereocenters. The lowest BCUT2D eigenvalue weighted by Gasteiger charge is -2.36. The summed E-state index contributed by atoms with van der Waals surface area (Å²) >= 11 is 1.73. The average molecular weight is 416 g/mol. The molecule has 6 nitrogen and oxygen atoms in total. The van der Waals surface area contributed by atoms with Crippen LogP contribution in [0.4, 0.5) is 0 Å². The first-order valence-corrected chi connectivity index (χ1v) is 11.1. The minimum atomic E-state index is -0.415. The summed E-state index contributed by atoms with van der Waals surface area (Å²) in [5, 5.41) is 5.12. The molecule has 1 aliphatic rings. The Hall–Kier alpha value is -2.25. The van der Waals surface area contributed by atoms with Crippen LogP contribution in [0.15, 0.2) is 29.6 Å². The minimum absolute atomic E-state index is 0.173. The van der Waals surface area contributed by atoms with Crippen LogP contribution in [0.3, 0.4) is 0 Å². The molecule has 1 saturated heterocycles. The third-order valence-corrected chi connectivity index (χ3v) is 6.37. The molecule has 1 fully saturated rings. The highest BCUT2D eigenvalue weighted by atomic mass is 32.1. The molecule has 0 bridgehead atoms. The number of ether oxygens (including phenoxy) is 1. The monoisotopic (exact) mass is 415 g/mol. The summed E-state index contributed by atoms with van der Waals surface area (Å²) in [6.45, 7) is 8.71. The van der Waals surface area contributed by atoms with Gasteiger partial charge in [0.15, 0.2) is 0 Å². The Morgan fingerprint density at radius 3 is 2.69 bits per heavy atom. The molecular formula is C22H29N3O3S. The Labute approximate surface area is 176 Å². The molecule has 1 aliphatic heterocycles. The van der Waals surface area contributed by atoms with Gasteiger partial charge < -0.3 is 10.1 Å². The zero-order valence-electron chi connectivity index (χ0n) is 17.3. The molecule has 1 amide bonds. The molecule has 0 aliphatic carbocycles. The van der Waals surface area contributed by atoms with E-state index in [1.807, 2.05) is 0 Å². The van der Waals surface area contributed by atoms with Crippen molar-refractivity contribution in [3.63, 3.8) is 0 Å². The van der Waals surface area contributed by atoms with Crippen molar-refractivity contribution in [3.05, 3.63) is 51.5 Å². The maximum Gasteiger partial charge on any atom is 0.339 e. The van der Waals surface area contributed by atoms with Gasteiger partial charge in [-0.05, 0) is 69.3 Å². The largest absolute Gasteiger partial charge is 0.462 e. The number of carbonyl (C=O) groups is 2. The second-order valence-electron chi connectivity index (χ2n) is 7.51. The molecule has 3 rings (SSSR count). The van der Waals surface area contributed by atoms with Crippen LogP contribution in [0, 0.1) is 12.8 Å². The number of likely N-dealkylation sites (tertiary alicyclic amines) is 1. The molecule has 0 aromatic carbocycles. The van der Waals surface area contributed by atoms with Crippen LogP contribution in [-0.2, 0) is 4.74 Å². The average Bonchev–Trinajstić information content (AvgIpc) is 3.24. The molecule has 1 N–H and O–H groups in total. The van der Waals surface area contributed by atoms with Crippen molar-refractivity contribution in [3.8, 4) is 0 Å². The number of pyridine rings is 1. The molecule has 0 saturated carbocycles. The number of aryl methyl sites for hydroxylation is 1. The van der Waals surface area contributed by atoms with E-state index in [2.05, 4.69) is 39.6 Å². The Morgan fingerprint density at radius 2 is 2.07 bits per heavy atom. The van der Waals surface area contributed by atoms with Gasteiger partial charge in [0, 0.05) is 11.4 Å². The number of rotatable bonds is 7. The number of aromatic nitrogens is 1. The van der Waals surface area contributed by atoms with E-state index >= 15 is 0 Å². The van der Waals surface area contributed by atoms with E-state index < -0.39 is 5.97 Å². The lowest BCUT2D eigenvalue weighted by molar-refractivity contribution is 0.0524. The van der Waals surface area contributed by atoms with Crippen LogP contribution < -0.4 is 5.32 Å². The molecule has 0 radical (unpaired) electrons. The maximum atomic E-state index is 12.7. The third kappa shape index (κ3) is 5.42. The number of esters is 1. The van der Waals surface area contributed by atoms with Gasteiger partial charge in [-0.25, -0.2) is 9.78 Å². The molecule has 29 heavy (non-hydrogen) atoms. The fourth-order valence-corrected chi connectivity index (χ4v) is 4.48. The van der Waals surface area contributed by atoms with Gasteiger partial charge in [0.25, 0.3) is 5.91 Å². The number of hydrogen-bond donors (Lipinski definition) is 1. The van der Waals surface area contributed by atoms with E-state index in [4.69, 9.17) is 4.74 Å². The Balaban J connectivity index is 1.67. The molecular weight excluding hydrogens is 386 g/mol. The topological polar surface area (TPSA) is 71.5 Å². The zero-order chi connectivity index (χ0) is 20.8. The van der Waals surface area contributed by atoms with Crippen molar-refractivity contribution < 1.29 is 14.3 Å². The molecule has 156 valence electrons. The number of thiophene rings is 1. The molecule has 3 heterocycles. The third-order valence-electron chi connectivity index (χ3n) is 5.40. The molecule has 2 aromatic rings. The van der Waals surface area contributed by atoms with Crippen LogP contribution in [0.2, 0.25) is 0 Å². The van der Waals surface area contributed by atoms with E-state index in [9.17, 15) is 9.59 Å². The quantitative estimate of drug-likeness (QED) is 0.696. The predicted octanol–water partition coefficient (Wildman–Crippen LogP) is 3.83. The number of nitrogens with zero attached hydrogens (tertiary/aromatic N) is 2. The van der Waals surface area contributed by atoms with Crippen LogP contribution >= 0.6 is 11.3 Å². The van der Waals surface area contributed by atoms with Crippen LogP contribution in [-0.4, -0.2) is 48.0 Å². The van der Waals surface area contributed by atoms with Gasteiger partial charge >= 0.3 is 5.97 Å². The van der Waals surface area contributed by atoms with Crippen LogP contribution in [0.1, 0.15) is 64.1 Å². The lowest BCUT2D eigenvalue weighted by atomic mass is 9.97. The highest BCUT2D eigenvalue weighted by molar-refractivity contribution is 7.10.